The molecule has 1 aromatic carbocycles. The Labute approximate surface area is 188 Å². The Hall–Kier alpha value is -1.96. The molecule has 2 unspecified atom stereocenters. The quantitative estimate of drug-likeness (QED) is 0.594. The van der Waals surface area contributed by atoms with E-state index in [4.69, 9.17) is 4.74 Å². The van der Waals surface area contributed by atoms with Crippen molar-refractivity contribution in [2.45, 2.75) is 45.8 Å². The van der Waals surface area contributed by atoms with Crippen LogP contribution in [-0.2, 0) is 11.2 Å². The van der Waals surface area contributed by atoms with E-state index < -0.39 is 6.10 Å². The summed E-state index contributed by atoms with van der Waals surface area (Å²) in [5.74, 6) is 0.550. The van der Waals surface area contributed by atoms with Gasteiger partial charge in [0.05, 0.1) is 18.7 Å². The molecular weight excluding hydrogens is 415 g/mol. The molecule has 0 radical (unpaired) electrons. The summed E-state index contributed by atoms with van der Waals surface area (Å²) >= 11 is 1.70. The van der Waals surface area contributed by atoms with Crippen molar-refractivity contribution < 1.29 is 19.0 Å². The van der Waals surface area contributed by atoms with Gasteiger partial charge >= 0.3 is 0 Å². The molecule has 2 aromatic rings. The van der Waals surface area contributed by atoms with Gasteiger partial charge in [0.15, 0.2) is 0 Å². The lowest BCUT2D eigenvalue weighted by molar-refractivity contribution is -0.136. The number of hydrogen-bond donors (Lipinski definition) is 1. The molecule has 1 aliphatic heterocycles. The van der Waals surface area contributed by atoms with Crippen molar-refractivity contribution >= 4 is 17.2 Å². The van der Waals surface area contributed by atoms with E-state index in [1.54, 1.807) is 23.5 Å². The highest BCUT2D eigenvalue weighted by Crippen LogP contribution is 2.34. The standard InChI is InChI=1S/C24H33FN2O3S/c1-4-19(28)14-26(13-17(2)3)15-24(29)27-10-8-23-21(9-11-31-23)22(27)16-30-20-7-5-6-18(25)12-20/h5-7,9,11-12,17,19,22,28H,4,8,10,13-16H2,1-3H3. The minimum Gasteiger partial charge on any atom is -0.491 e. The number of aliphatic hydroxyl groups excluding tert-OH is 1. The van der Waals surface area contributed by atoms with E-state index in [1.807, 2.05) is 11.8 Å². The van der Waals surface area contributed by atoms with Crippen LogP contribution in [0.15, 0.2) is 35.7 Å². The molecule has 0 saturated carbocycles. The molecule has 31 heavy (non-hydrogen) atoms. The van der Waals surface area contributed by atoms with Gasteiger partial charge in [-0.3, -0.25) is 9.69 Å². The first-order valence-electron chi connectivity index (χ1n) is 11.0. The molecule has 0 fully saturated rings. The summed E-state index contributed by atoms with van der Waals surface area (Å²) < 4.78 is 19.4. The van der Waals surface area contributed by atoms with E-state index in [9.17, 15) is 14.3 Å². The van der Waals surface area contributed by atoms with Crippen molar-refractivity contribution in [2.75, 3.05) is 32.8 Å². The van der Waals surface area contributed by atoms with Crippen LogP contribution in [0.5, 0.6) is 5.75 Å². The molecular formula is C24H33FN2O3S. The maximum atomic E-state index is 13.5. The van der Waals surface area contributed by atoms with E-state index in [-0.39, 0.29) is 30.9 Å². The Balaban J connectivity index is 1.74. The van der Waals surface area contributed by atoms with Crippen LogP contribution in [0.4, 0.5) is 4.39 Å². The van der Waals surface area contributed by atoms with Crippen molar-refractivity contribution in [3.8, 4) is 5.75 Å². The second-order valence-corrected chi connectivity index (χ2v) is 9.57. The van der Waals surface area contributed by atoms with Crippen LogP contribution in [0.2, 0.25) is 0 Å². The number of carbonyl (C=O) groups is 1. The second kappa shape index (κ2) is 11.1. The van der Waals surface area contributed by atoms with Gasteiger partial charge in [-0.05, 0) is 47.9 Å². The number of rotatable bonds is 10. The maximum absolute atomic E-state index is 13.5. The second-order valence-electron chi connectivity index (χ2n) is 8.57. The van der Waals surface area contributed by atoms with Crippen molar-refractivity contribution in [2.24, 2.45) is 5.92 Å². The van der Waals surface area contributed by atoms with Crippen molar-refractivity contribution in [1.29, 1.82) is 0 Å². The van der Waals surface area contributed by atoms with E-state index >= 15 is 0 Å². The van der Waals surface area contributed by atoms with Crippen molar-refractivity contribution in [3.63, 3.8) is 0 Å². The molecule has 0 aliphatic carbocycles. The zero-order valence-electron chi connectivity index (χ0n) is 18.6. The topological polar surface area (TPSA) is 53.0 Å². The van der Waals surface area contributed by atoms with Gasteiger partial charge in [0.2, 0.25) is 5.91 Å². The lowest BCUT2D eigenvalue weighted by Gasteiger charge is -2.37. The van der Waals surface area contributed by atoms with Gasteiger partial charge < -0.3 is 14.7 Å². The number of benzene rings is 1. The van der Waals surface area contributed by atoms with Gasteiger partial charge in [-0.15, -0.1) is 11.3 Å². The predicted octanol–water partition coefficient (Wildman–Crippen LogP) is 4.12. The molecule has 1 aliphatic rings. The molecule has 170 valence electrons. The lowest BCUT2D eigenvalue weighted by Crippen LogP contribution is -2.48. The molecule has 1 N–H and O–H groups in total. The predicted molar refractivity (Wildman–Crippen MR) is 122 cm³/mol. The first kappa shape index (κ1) is 23.7. The summed E-state index contributed by atoms with van der Waals surface area (Å²) in [5, 5.41) is 12.2. The summed E-state index contributed by atoms with van der Waals surface area (Å²) in [7, 11) is 0. The first-order valence-corrected chi connectivity index (χ1v) is 11.9. The summed E-state index contributed by atoms with van der Waals surface area (Å²) in [6.07, 6.45) is 1.05. The zero-order valence-corrected chi connectivity index (χ0v) is 19.4. The highest BCUT2D eigenvalue weighted by atomic mass is 32.1. The van der Waals surface area contributed by atoms with E-state index in [2.05, 4.69) is 30.2 Å². The molecule has 5 nitrogen and oxygen atoms in total. The molecule has 1 amide bonds. The van der Waals surface area contributed by atoms with Crippen LogP contribution < -0.4 is 4.74 Å². The smallest absolute Gasteiger partial charge is 0.237 e. The molecule has 2 atom stereocenters. The van der Waals surface area contributed by atoms with Crippen LogP contribution in [0.3, 0.4) is 0 Å². The molecule has 1 aromatic heterocycles. The van der Waals surface area contributed by atoms with Crippen molar-refractivity contribution in [1.82, 2.24) is 9.80 Å². The Morgan fingerprint density at radius 2 is 2.16 bits per heavy atom. The van der Waals surface area contributed by atoms with E-state index in [0.717, 1.165) is 18.5 Å². The minimum absolute atomic E-state index is 0.0358. The number of hydrogen-bond acceptors (Lipinski definition) is 5. The van der Waals surface area contributed by atoms with E-state index in [0.29, 0.717) is 31.2 Å². The Bertz CT molecular complexity index is 857. The third-order valence-electron chi connectivity index (χ3n) is 5.54. The number of nitrogens with zero attached hydrogens (tertiary/aromatic N) is 2. The van der Waals surface area contributed by atoms with Crippen LogP contribution >= 0.6 is 11.3 Å². The zero-order chi connectivity index (χ0) is 22.4. The normalized spacial score (nSPS) is 17.1. The van der Waals surface area contributed by atoms with Crippen molar-refractivity contribution in [3.05, 3.63) is 52.0 Å². The molecule has 0 saturated heterocycles. The van der Waals surface area contributed by atoms with Gasteiger partial charge in [-0.1, -0.05) is 26.8 Å². The van der Waals surface area contributed by atoms with Gasteiger partial charge in [0, 0.05) is 30.6 Å². The molecule has 7 heteroatoms. The fourth-order valence-corrected chi connectivity index (χ4v) is 4.96. The number of halogens is 1. The Kier molecular flexibility index (Phi) is 8.46. The fraction of sp³-hybridized carbons (Fsp3) is 0.542. The number of amides is 1. The van der Waals surface area contributed by atoms with Gasteiger partial charge in [0.25, 0.3) is 0 Å². The third kappa shape index (κ3) is 6.51. The summed E-state index contributed by atoms with van der Waals surface area (Å²) in [4.78, 5) is 18.6. The lowest BCUT2D eigenvalue weighted by atomic mass is 10.00. The van der Waals surface area contributed by atoms with Crippen LogP contribution in [0, 0.1) is 11.7 Å². The first-order chi connectivity index (χ1) is 14.9. The molecule has 0 spiro atoms. The maximum Gasteiger partial charge on any atom is 0.237 e. The van der Waals surface area contributed by atoms with Gasteiger partial charge in [-0.25, -0.2) is 4.39 Å². The number of carbonyl (C=O) groups excluding carboxylic acids is 1. The average Bonchev–Trinajstić information content (AvgIpc) is 3.20. The SMILES string of the molecule is CCC(O)CN(CC(=O)N1CCc2sccc2C1COc1cccc(F)c1)CC(C)C. The molecule has 3 rings (SSSR count). The number of aliphatic hydroxyl groups is 1. The van der Waals surface area contributed by atoms with Crippen LogP contribution in [0.25, 0.3) is 0 Å². The van der Waals surface area contributed by atoms with Gasteiger partial charge in [0.1, 0.15) is 18.2 Å². The highest BCUT2D eigenvalue weighted by Gasteiger charge is 2.33. The average molecular weight is 449 g/mol. The molecule has 2 heterocycles. The number of fused-ring (bicyclic) bond motifs is 1. The number of ether oxygens (including phenoxy) is 1. The summed E-state index contributed by atoms with van der Waals surface area (Å²) in [6.45, 7) is 8.60. The summed E-state index contributed by atoms with van der Waals surface area (Å²) in [6, 6.07) is 7.94. The minimum atomic E-state index is -0.441. The van der Waals surface area contributed by atoms with Crippen LogP contribution in [0.1, 0.15) is 43.7 Å². The van der Waals surface area contributed by atoms with Crippen LogP contribution in [-0.4, -0.2) is 59.7 Å². The number of thiophene rings is 1. The molecule has 0 bridgehead atoms. The fourth-order valence-electron chi connectivity index (χ4n) is 4.04. The van der Waals surface area contributed by atoms with Gasteiger partial charge in [-0.2, -0.15) is 0 Å². The summed E-state index contributed by atoms with van der Waals surface area (Å²) in [5.41, 5.74) is 1.12. The largest absolute Gasteiger partial charge is 0.491 e. The third-order valence-corrected chi connectivity index (χ3v) is 6.54. The Morgan fingerprint density at radius 3 is 2.87 bits per heavy atom. The Morgan fingerprint density at radius 1 is 1.35 bits per heavy atom. The monoisotopic (exact) mass is 448 g/mol. The highest BCUT2D eigenvalue weighted by molar-refractivity contribution is 7.10. The van der Waals surface area contributed by atoms with E-state index in [1.165, 1.54) is 17.0 Å².